The maximum atomic E-state index is 11.9. The number of para-hydroxylation sites is 2. The SMILES string of the molecule is O=C(CSc1nc2ccccc2o1)Nc1cccnc1Cl. The summed E-state index contributed by atoms with van der Waals surface area (Å²) in [4.78, 5) is 20.0. The van der Waals surface area contributed by atoms with Crippen molar-refractivity contribution in [2.75, 3.05) is 11.1 Å². The van der Waals surface area contributed by atoms with Crippen LogP contribution < -0.4 is 5.32 Å². The zero-order valence-corrected chi connectivity index (χ0v) is 12.3. The molecule has 106 valence electrons. The van der Waals surface area contributed by atoms with Crippen molar-refractivity contribution in [3.8, 4) is 0 Å². The lowest BCUT2D eigenvalue weighted by molar-refractivity contribution is -0.113. The van der Waals surface area contributed by atoms with E-state index in [2.05, 4.69) is 15.3 Å². The number of pyridine rings is 1. The van der Waals surface area contributed by atoms with E-state index in [0.717, 1.165) is 5.52 Å². The first kappa shape index (κ1) is 13.9. The smallest absolute Gasteiger partial charge is 0.257 e. The van der Waals surface area contributed by atoms with Gasteiger partial charge >= 0.3 is 0 Å². The van der Waals surface area contributed by atoms with Crippen molar-refractivity contribution in [3.63, 3.8) is 0 Å². The lowest BCUT2D eigenvalue weighted by atomic mass is 10.3. The number of hydrogen-bond acceptors (Lipinski definition) is 5. The maximum Gasteiger partial charge on any atom is 0.257 e. The van der Waals surface area contributed by atoms with Crippen molar-refractivity contribution in [1.82, 2.24) is 9.97 Å². The molecule has 0 atom stereocenters. The summed E-state index contributed by atoms with van der Waals surface area (Å²) >= 11 is 7.10. The van der Waals surface area contributed by atoms with E-state index in [1.165, 1.54) is 11.8 Å². The van der Waals surface area contributed by atoms with Crippen LogP contribution in [0.3, 0.4) is 0 Å². The van der Waals surface area contributed by atoms with Crippen LogP contribution in [0.25, 0.3) is 11.1 Å². The summed E-state index contributed by atoms with van der Waals surface area (Å²) in [7, 11) is 0. The second-order valence-electron chi connectivity index (χ2n) is 4.13. The molecular formula is C14H10ClN3O2S. The molecule has 2 aromatic heterocycles. The van der Waals surface area contributed by atoms with E-state index in [1.54, 1.807) is 18.3 Å². The van der Waals surface area contributed by atoms with Crippen molar-refractivity contribution >= 4 is 46.1 Å². The van der Waals surface area contributed by atoms with E-state index < -0.39 is 0 Å². The molecule has 0 unspecified atom stereocenters. The number of nitrogens with one attached hydrogen (secondary N) is 1. The van der Waals surface area contributed by atoms with Crippen molar-refractivity contribution in [3.05, 3.63) is 47.7 Å². The van der Waals surface area contributed by atoms with Crippen LogP contribution in [0, 0.1) is 0 Å². The summed E-state index contributed by atoms with van der Waals surface area (Å²) in [5, 5.41) is 3.41. The quantitative estimate of drug-likeness (QED) is 0.587. The molecule has 2 heterocycles. The van der Waals surface area contributed by atoms with Gasteiger partial charge in [0.1, 0.15) is 5.52 Å². The molecule has 0 saturated carbocycles. The number of halogens is 1. The molecular weight excluding hydrogens is 310 g/mol. The predicted octanol–water partition coefficient (Wildman–Crippen LogP) is 3.61. The molecule has 0 aliphatic carbocycles. The first-order valence-electron chi connectivity index (χ1n) is 6.11. The summed E-state index contributed by atoms with van der Waals surface area (Å²) in [6.45, 7) is 0. The summed E-state index contributed by atoms with van der Waals surface area (Å²) in [5.41, 5.74) is 1.97. The van der Waals surface area contributed by atoms with Crippen LogP contribution in [0.1, 0.15) is 0 Å². The molecule has 7 heteroatoms. The molecule has 3 aromatic rings. The van der Waals surface area contributed by atoms with Crippen LogP contribution in [0.4, 0.5) is 5.69 Å². The Morgan fingerprint density at radius 3 is 2.95 bits per heavy atom. The molecule has 1 aromatic carbocycles. The Bertz CT molecular complexity index is 757. The number of fused-ring (bicyclic) bond motifs is 1. The molecule has 0 fully saturated rings. The number of rotatable bonds is 4. The molecule has 0 aliphatic rings. The third kappa shape index (κ3) is 3.34. The van der Waals surface area contributed by atoms with E-state index >= 15 is 0 Å². The monoisotopic (exact) mass is 319 g/mol. The van der Waals surface area contributed by atoms with Crippen LogP contribution >= 0.6 is 23.4 Å². The molecule has 0 bridgehead atoms. The predicted molar refractivity (Wildman–Crippen MR) is 82.6 cm³/mol. The third-order valence-corrected chi connectivity index (χ3v) is 3.76. The van der Waals surface area contributed by atoms with E-state index in [0.29, 0.717) is 16.5 Å². The summed E-state index contributed by atoms with van der Waals surface area (Å²) in [6.07, 6.45) is 1.56. The number of carbonyl (C=O) groups excluding carboxylic acids is 1. The fourth-order valence-electron chi connectivity index (χ4n) is 1.71. The maximum absolute atomic E-state index is 11.9. The highest BCUT2D eigenvalue weighted by Crippen LogP contribution is 2.23. The molecule has 3 rings (SSSR count). The topological polar surface area (TPSA) is 68.0 Å². The van der Waals surface area contributed by atoms with Gasteiger partial charge in [0.2, 0.25) is 5.91 Å². The van der Waals surface area contributed by atoms with E-state index in [4.69, 9.17) is 16.0 Å². The molecule has 1 amide bonds. The van der Waals surface area contributed by atoms with Gasteiger partial charge < -0.3 is 9.73 Å². The highest BCUT2D eigenvalue weighted by atomic mass is 35.5. The van der Waals surface area contributed by atoms with Crippen molar-refractivity contribution in [2.45, 2.75) is 5.22 Å². The van der Waals surface area contributed by atoms with Crippen LogP contribution in [0.2, 0.25) is 5.15 Å². The zero-order chi connectivity index (χ0) is 14.7. The summed E-state index contributed by atoms with van der Waals surface area (Å²) < 4.78 is 5.53. The largest absolute Gasteiger partial charge is 0.431 e. The summed E-state index contributed by atoms with van der Waals surface area (Å²) in [6, 6.07) is 10.8. The first-order chi connectivity index (χ1) is 10.2. The number of nitrogens with zero attached hydrogens (tertiary/aromatic N) is 2. The van der Waals surface area contributed by atoms with Crippen LogP contribution in [-0.4, -0.2) is 21.6 Å². The Kier molecular flexibility index (Phi) is 4.08. The number of hydrogen-bond donors (Lipinski definition) is 1. The molecule has 5 nitrogen and oxygen atoms in total. The van der Waals surface area contributed by atoms with Crippen LogP contribution in [0.5, 0.6) is 0 Å². The van der Waals surface area contributed by atoms with Gasteiger partial charge in [0.05, 0.1) is 11.4 Å². The Morgan fingerprint density at radius 2 is 2.14 bits per heavy atom. The van der Waals surface area contributed by atoms with Crippen LogP contribution in [0.15, 0.2) is 52.2 Å². The lowest BCUT2D eigenvalue weighted by Crippen LogP contribution is -2.14. The normalized spacial score (nSPS) is 10.7. The van der Waals surface area contributed by atoms with Gasteiger partial charge in [0.25, 0.3) is 5.22 Å². The van der Waals surface area contributed by atoms with Crippen molar-refractivity contribution in [1.29, 1.82) is 0 Å². The Labute approximate surface area is 129 Å². The van der Waals surface area contributed by atoms with Gasteiger partial charge in [-0.15, -0.1) is 0 Å². The number of amides is 1. The molecule has 1 N–H and O–H groups in total. The number of oxazole rings is 1. The number of carbonyl (C=O) groups is 1. The number of thioether (sulfide) groups is 1. The minimum absolute atomic E-state index is 0.179. The number of anilines is 1. The first-order valence-corrected chi connectivity index (χ1v) is 7.47. The molecule has 0 aliphatic heterocycles. The average Bonchev–Trinajstić information content (AvgIpc) is 2.90. The molecule has 0 saturated heterocycles. The fourth-order valence-corrected chi connectivity index (χ4v) is 2.51. The van der Waals surface area contributed by atoms with E-state index in [1.807, 2.05) is 24.3 Å². The minimum Gasteiger partial charge on any atom is -0.431 e. The van der Waals surface area contributed by atoms with Crippen LogP contribution in [-0.2, 0) is 4.79 Å². The highest BCUT2D eigenvalue weighted by molar-refractivity contribution is 7.99. The number of aromatic nitrogens is 2. The van der Waals surface area contributed by atoms with Gasteiger partial charge in [-0.25, -0.2) is 9.97 Å². The lowest BCUT2D eigenvalue weighted by Gasteiger charge is -2.04. The average molecular weight is 320 g/mol. The molecule has 21 heavy (non-hydrogen) atoms. The van der Waals surface area contributed by atoms with Crippen molar-refractivity contribution in [2.24, 2.45) is 0 Å². The number of benzene rings is 1. The van der Waals surface area contributed by atoms with Gasteiger partial charge in [-0.05, 0) is 24.3 Å². The zero-order valence-electron chi connectivity index (χ0n) is 10.7. The standard InChI is InChI=1S/C14H10ClN3O2S/c15-13-10(5-3-7-16-13)17-12(19)8-21-14-18-9-4-1-2-6-11(9)20-14/h1-7H,8H2,(H,17,19). The second-order valence-corrected chi connectivity index (χ2v) is 5.41. The van der Waals surface area contributed by atoms with Gasteiger partial charge in [-0.3, -0.25) is 4.79 Å². The van der Waals surface area contributed by atoms with E-state index in [-0.39, 0.29) is 16.8 Å². The highest BCUT2D eigenvalue weighted by Gasteiger charge is 2.10. The second kappa shape index (κ2) is 6.15. The van der Waals surface area contributed by atoms with Gasteiger partial charge in [0, 0.05) is 6.20 Å². The Hall–Kier alpha value is -2.05. The van der Waals surface area contributed by atoms with Gasteiger partial charge in [-0.1, -0.05) is 35.5 Å². The fraction of sp³-hybridized carbons (Fsp3) is 0.0714. The summed E-state index contributed by atoms with van der Waals surface area (Å²) in [5.74, 6) is -0.0185. The Morgan fingerprint density at radius 1 is 1.29 bits per heavy atom. The Balaban J connectivity index is 1.62. The van der Waals surface area contributed by atoms with Gasteiger partial charge in [-0.2, -0.15) is 0 Å². The molecule has 0 radical (unpaired) electrons. The van der Waals surface area contributed by atoms with Gasteiger partial charge in [0.15, 0.2) is 10.7 Å². The van der Waals surface area contributed by atoms with Crippen molar-refractivity contribution < 1.29 is 9.21 Å². The minimum atomic E-state index is -0.197. The molecule has 0 spiro atoms. The third-order valence-electron chi connectivity index (χ3n) is 2.63. The van der Waals surface area contributed by atoms with E-state index in [9.17, 15) is 4.79 Å².